The Morgan fingerprint density at radius 3 is 2.52 bits per heavy atom. The molecule has 0 aliphatic heterocycles. The van der Waals surface area contributed by atoms with Crippen LogP contribution in [0.2, 0.25) is 15.1 Å². The molecule has 116 valence electrons. The van der Waals surface area contributed by atoms with Crippen LogP contribution in [-0.2, 0) is 4.74 Å². The predicted molar refractivity (Wildman–Crippen MR) is 87.5 cm³/mol. The van der Waals surface area contributed by atoms with Gasteiger partial charge in [0, 0.05) is 5.02 Å². The summed E-state index contributed by atoms with van der Waals surface area (Å²) >= 11 is 17.8. The van der Waals surface area contributed by atoms with E-state index in [2.05, 4.69) is 13.8 Å². The highest BCUT2D eigenvalue weighted by atomic mass is 35.5. The zero-order valence-corrected chi connectivity index (χ0v) is 14.5. The number of hydrogen-bond donors (Lipinski definition) is 0. The molecular weight excluding hydrogens is 331 g/mol. The van der Waals surface area contributed by atoms with Crippen LogP contribution in [0.5, 0.6) is 0 Å². The van der Waals surface area contributed by atoms with Crippen LogP contribution in [0.3, 0.4) is 0 Å². The molecule has 0 atom stereocenters. The van der Waals surface area contributed by atoms with E-state index in [0.29, 0.717) is 11.6 Å². The van der Waals surface area contributed by atoms with Gasteiger partial charge in [0.1, 0.15) is 0 Å². The summed E-state index contributed by atoms with van der Waals surface area (Å²) in [7, 11) is 0. The zero-order valence-electron chi connectivity index (χ0n) is 12.2. The Balaban J connectivity index is 1.93. The lowest BCUT2D eigenvalue weighted by atomic mass is 9.66. The van der Waals surface area contributed by atoms with Gasteiger partial charge in [-0.05, 0) is 42.7 Å². The average molecular weight is 350 g/mol. The summed E-state index contributed by atoms with van der Waals surface area (Å²) in [6.07, 6.45) is 4.70. The van der Waals surface area contributed by atoms with E-state index in [-0.39, 0.29) is 21.0 Å². The Kier molecular flexibility index (Phi) is 5.45. The number of benzene rings is 1. The minimum atomic E-state index is -0.478. The minimum Gasteiger partial charge on any atom is -0.462 e. The molecule has 1 aromatic carbocycles. The molecule has 2 rings (SSSR count). The summed E-state index contributed by atoms with van der Waals surface area (Å²) in [5, 5.41) is 0.807. The van der Waals surface area contributed by atoms with Crippen molar-refractivity contribution in [1.82, 2.24) is 0 Å². The van der Waals surface area contributed by atoms with E-state index in [9.17, 15) is 4.79 Å². The summed E-state index contributed by atoms with van der Waals surface area (Å²) in [6, 6.07) is 2.98. The third kappa shape index (κ3) is 4.06. The van der Waals surface area contributed by atoms with Gasteiger partial charge in [0.15, 0.2) is 0 Å². The van der Waals surface area contributed by atoms with Crippen molar-refractivity contribution < 1.29 is 9.53 Å². The average Bonchev–Trinajstić information content (AvgIpc) is 2.30. The second kappa shape index (κ2) is 6.76. The van der Waals surface area contributed by atoms with E-state index >= 15 is 0 Å². The van der Waals surface area contributed by atoms with Gasteiger partial charge in [-0.15, -0.1) is 0 Å². The molecule has 0 spiro atoms. The van der Waals surface area contributed by atoms with Crippen LogP contribution in [0, 0.1) is 11.3 Å². The normalized spacial score (nSPS) is 15.7. The SMILES string of the molecule is CC(C)(CCOC(=O)c1cc(Cl)cc(Cl)c1Cl)C1CCC1. The lowest BCUT2D eigenvalue weighted by molar-refractivity contribution is 0.0354. The van der Waals surface area contributed by atoms with Gasteiger partial charge in [-0.2, -0.15) is 0 Å². The molecule has 0 N–H and O–H groups in total. The highest BCUT2D eigenvalue weighted by Gasteiger charge is 2.33. The summed E-state index contributed by atoms with van der Waals surface area (Å²) in [5.41, 5.74) is 0.421. The maximum Gasteiger partial charge on any atom is 0.339 e. The van der Waals surface area contributed by atoms with Gasteiger partial charge in [-0.3, -0.25) is 0 Å². The number of hydrogen-bond acceptors (Lipinski definition) is 2. The minimum absolute atomic E-state index is 0.185. The molecule has 1 fully saturated rings. The van der Waals surface area contributed by atoms with Crippen LogP contribution in [0.25, 0.3) is 0 Å². The largest absolute Gasteiger partial charge is 0.462 e. The summed E-state index contributed by atoms with van der Waals surface area (Å²) < 4.78 is 5.33. The molecule has 0 bridgehead atoms. The van der Waals surface area contributed by atoms with Crippen molar-refractivity contribution in [2.24, 2.45) is 11.3 Å². The first kappa shape index (κ1) is 16.9. The van der Waals surface area contributed by atoms with E-state index in [1.807, 2.05) is 0 Å². The van der Waals surface area contributed by atoms with Gasteiger partial charge in [-0.1, -0.05) is 55.1 Å². The monoisotopic (exact) mass is 348 g/mol. The van der Waals surface area contributed by atoms with Crippen LogP contribution in [0.4, 0.5) is 0 Å². The molecule has 0 heterocycles. The second-order valence-electron chi connectivity index (χ2n) is 6.25. The van der Waals surface area contributed by atoms with E-state index in [1.165, 1.54) is 31.4 Å². The summed E-state index contributed by atoms with van der Waals surface area (Å²) in [5.74, 6) is 0.259. The maximum absolute atomic E-state index is 12.1. The Hall–Kier alpha value is -0.440. The van der Waals surface area contributed by atoms with Crippen molar-refractivity contribution in [3.05, 3.63) is 32.8 Å². The smallest absolute Gasteiger partial charge is 0.339 e. The predicted octanol–water partition coefficient (Wildman–Crippen LogP) is 6.02. The Labute approximate surface area is 140 Å². The molecule has 0 saturated heterocycles. The lowest BCUT2D eigenvalue weighted by Crippen LogP contribution is -2.31. The number of carbonyl (C=O) groups is 1. The molecule has 1 saturated carbocycles. The van der Waals surface area contributed by atoms with E-state index in [0.717, 1.165) is 12.3 Å². The van der Waals surface area contributed by atoms with Gasteiger partial charge in [0.05, 0.1) is 22.2 Å². The molecule has 2 nitrogen and oxygen atoms in total. The van der Waals surface area contributed by atoms with Crippen LogP contribution in [0.15, 0.2) is 12.1 Å². The van der Waals surface area contributed by atoms with Gasteiger partial charge < -0.3 is 4.74 Å². The molecular formula is C16H19Cl3O2. The van der Waals surface area contributed by atoms with E-state index in [1.54, 1.807) is 0 Å². The number of halogens is 3. The van der Waals surface area contributed by atoms with Crippen molar-refractivity contribution in [2.45, 2.75) is 39.5 Å². The van der Waals surface area contributed by atoms with Crippen molar-refractivity contribution in [3.63, 3.8) is 0 Å². The molecule has 21 heavy (non-hydrogen) atoms. The quantitative estimate of drug-likeness (QED) is 0.480. The Bertz CT molecular complexity index is 537. The lowest BCUT2D eigenvalue weighted by Gasteiger charge is -2.40. The third-order valence-corrected chi connectivity index (χ3v) is 5.42. The highest BCUT2D eigenvalue weighted by Crippen LogP contribution is 2.43. The maximum atomic E-state index is 12.1. The molecule has 0 amide bonds. The highest BCUT2D eigenvalue weighted by molar-refractivity contribution is 6.45. The van der Waals surface area contributed by atoms with Crippen LogP contribution in [0.1, 0.15) is 49.9 Å². The third-order valence-electron chi connectivity index (χ3n) is 4.40. The van der Waals surface area contributed by atoms with Crippen LogP contribution in [-0.4, -0.2) is 12.6 Å². The van der Waals surface area contributed by atoms with E-state index < -0.39 is 5.97 Å². The first-order valence-electron chi connectivity index (χ1n) is 7.13. The van der Waals surface area contributed by atoms with E-state index in [4.69, 9.17) is 39.5 Å². The first-order chi connectivity index (χ1) is 9.81. The molecule has 5 heteroatoms. The number of ether oxygens (including phenoxy) is 1. The topological polar surface area (TPSA) is 26.3 Å². The summed E-state index contributed by atoms with van der Waals surface area (Å²) in [6.45, 7) is 4.84. The van der Waals surface area contributed by atoms with Crippen molar-refractivity contribution >= 4 is 40.8 Å². The summed E-state index contributed by atoms with van der Waals surface area (Å²) in [4.78, 5) is 12.1. The van der Waals surface area contributed by atoms with Gasteiger partial charge >= 0.3 is 5.97 Å². The fraction of sp³-hybridized carbons (Fsp3) is 0.562. The molecule has 0 aromatic heterocycles. The molecule has 1 aromatic rings. The fourth-order valence-corrected chi connectivity index (χ4v) is 3.26. The van der Waals surface area contributed by atoms with Crippen LogP contribution < -0.4 is 0 Å². The first-order valence-corrected chi connectivity index (χ1v) is 8.26. The van der Waals surface area contributed by atoms with Gasteiger partial charge in [0.25, 0.3) is 0 Å². The van der Waals surface area contributed by atoms with Gasteiger partial charge in [0.2, 0.25) is 0 Å². The molecule has 0 radical (unpaired) electrons. The van der Waals surface area contributed by atoms with Crippen molar-refractivity contribution in [3.8, 4) is 0 Å². The molecule has 1 aliphatic rings. The van der Waals surface area contributed by atoms with Gasteiger partial charge in [-0.25, -0.2) is 4.79 Å². The fourth-order valence-electron chi connectivity index (χ4n) is 2.58. The van der Waals surface area contributed by atoms with Crippen molar-refractivity contribution in [1.29, 1.82) is 0 Å². The number of rotatable bonds is 5. The number of carbonyl (C=O) groups excluding carboxylic acids is 1. The second-order valence-corrected chi connectivity index (χ2v) is 7.47. The Morgan fingerprint density at radius 2 is 1.95 bits per heavy atom. The molecule has 0 unspecified atom stereocenters. The molecule has 1 aliphatic carbocycles. The number of esters is 1. The Morgan fingerprint density at radius 1 is 1.29 bits per heavy atom. The van der Waals surface area contributed by atoms with Crippen molar-refractivity contribution in [2.75, 3.05) is 6.61 Å². The zero-order chi connectivity index (χ0) is 15.6. The standard InChI is InChI=1S/C16H19Cl3O2/c1-16(2,10-4-3-5-10)6-7-21-15(20)12-8-11(17)9-13(18)14(12)19/h8-10H,3-7H2,1-2H3. The van der Waals surface area contributed by atoms with Crippen LogP contribution >= 0.6 is 34.8 Å².